The Bertz CT molecular complexity index is 257. The number of nitrogens with one attached hydrogen (secondary N) is 1. The van der Waals surface area contributed by atoms with E-state index in [1.807, 2.05) is 6.92 Å². The number of rotatable bonds is 10. The highest BCUT2D eigenvalue weighted by atomic mass is 16.5. The van der Waals surface area contributed by atoms with Gasteiger partial charge in [-0.3, -0.25) is 4.79 Å². The molecule has 0 bridgehead atoms. The van der Waals surface area contributed by atoms with E-state index in [2.05, 4.69) is 38.0 Å². The number of hydrogen-bond acceptors (Lipinski definition) is 4. The second-order valence-corrected chi connectivity index (χ2v) is 6.01. The standard InChI is InChI=1S/C15H32N2O2/c1-7-10-16-15(4,14(18)19-6)9-8-11-17(5)12-13(2)3/h13,16H,7-12H2,1-6H3. The SMILES string of the molecule is CCCNC(C)(CCCN(C)CC(C)C)C(=O)OC. The summed E-state index contributed by atoms with van der Waals surface area (Å²) in [5.74, 6) is 0.516. The Kier molecular flexibility index (Phi) is 9.02. The van der Waals surface area contributed by atoms with Crippen LogP contribution in [0.1, 0.15) is 47.0 Å². The molecular weight excluding hydrogens is 240 g/mol. The van der Waals surface area contributed by atoms with Crippen molar-refractivity contribution in [2.24, 2.45) is 5.92 Å². The van der Waals surface area contributed by atoms with Crippen LogP contribution in [0.5, 0.6) is 0 Å². The van der Waals surface area contributed by atoms with Crippen LogP contribution in [0.15, 0.2) is 0 Å². The molecule has 0 aliphatic heterocycles. The molecule has 0 fully saturated rings. The third-order valence-electron chi connectivity index (χ3n) is 3.29. The second kappa shape index (κ2) is 9.32. The van der Waals surface area contributed by atoms with E-state index in [-0.39, 0.29) is 5.97 Å². The van der Waals surface area contributed by atoms with Gasteiger partial charge in [-0.25, -0.2) is 0 Å². The van der Waals surface area contributed by atoms with Crippen molar-refractivity contribution in [1.29, 1.82) is 0 Å². The number of nitrogens with zero attached hydrogens (tertiary/aromatic N) is 1. The molecule has 0 aromatic heterocycles. The normalized spacial score (nSPS) is 14.7. The highest BCUT2D eigenvalue weighted by molar-refractivity contribution is 5.80. The van der Waals surface area contributed by atoms with Crippen molar-refractivity contribution in [1.82, 2.24) is 10.2 Å². The second-order valence-electron chi connectivity index (χ2n) is 6.01. The maximum absolute atomic E-state index is 11.9. The van der Waals surface area contributed by atoms with Crippen molar-refractivity contribution >= 4 is 5.97 Å². The molecule has 1 N–H and O–H groups in total. The smallest absolute Gasteiger partial charge is 0.325 e. The molecule has 0 spiro atoms. The van der Waals surface area contributed by atoms with Crippen LogP contribution in [0, 0.1) is 5.92 Å². The number of carbonyl (C=O) groups is 1. The molecule has 0 aromatic rings. The molecule has 0 aliphatic rings. The number of hydrogen-bond donors (Lipinski definition) is 1. The van der Waals surface area contributed by atoms with Gasteiger partial charge < -0.3 is 15.0 Å². The lowest BCUT2D eigenvalue weighted by Gasteiger charge is -2.29. The Morgan fingerprint density at radius 3 is 2.53 bits per heavy atom. The highest BCUT2D eigenvalue weighted by Crippen LogP contribution is 2.15. The molecule has 0 heterocycles. The minimum absolute atomic E-state index is 0.160. The quantitative estimate of drug-likeness (QED) is 0.620. The number of carbonyl (C=O) groups excluding carboxylic acids is 1. The van der Waals surface area contributed by atoms with Gasteiger partial charge in [0.2, 0.25) is 0 Å². The lowest BCUT2D eigenvalue weighted by molar-refractivity contribution is -0.148. The van der Waals surface area contributed by atoms with E-state index in [0.29, 0.717) is 5.92 Å². The summed E-state index contributed by atoms with van der Waals surface area (Å²) in [6, 6.07) is 0. The summed E-state index contributed by atoms with van der Waals surface area (Å²) in [4.78, 5) is 14.2. The molecule has 0 saturated carbocycles. The van der Waals surface area contributed by atoms with Crippen molar-refractivity contribution in [3.05, 3.63) is 0 Å². The minimum atomic E-state index is -0.552. The highest BCUT2D eigenvalue weighted by Gasteiger charge is 2.32. The fourth-order valence-corrected chi connectivity index (χ4v) is 2.31. The Balaban J connectivity index is 4.23. The van der Waals surface area contributed by atoms with E-state index >= 15 is 0 Å². The van der Waals surface area contributed by atoms with E-state index in [0.717, 1.165) is 38.9 Å². The van der Waals surface area contributed by atoms with E-state index in [4.69, 9.17) is 4.74 Å². The minimum Gasteiger partial charge on any atom is -0.468 e. The first-order valence-electron chi connectivity index (χ1n) is 7.37. The van der Waals surface area contributed by atoms with Crippen LogP contribution >= 0.6 is 0 Å². The predicted molar refractivity (Wildman–Crippen MR) is 80.3 cm³/mol. The van der Waals surface area contributed by atoms with Crippen molar-refractivity contribution in [3.8, 4) is 0 Å². The first-order valence-corrected chi connectivity index (χ1v) is 7.37. The molecule has 1 atom stereocenters. The van der Waals surface area contributed by atoms with E-state index < -0.39 is 5.54 Å². The molecular formula is C15H32N2O2. The van der Waals surface area contributed by atoms with Gasteiger partial charge in [-0.2, -0.15) is 0 Å². The zero-order valence-corrected chi connectivity index (χ0v) is 13.6. The zero-order chi connectivity index (χ0) is 14.9. The van der Waals surface area contributed by atoms with Crippen molar-refractivity contribution in [2.75, 3.05) is 33.8 Å². The average Bonchev–Trinajstić information content (AvgIpc) is 2.34. The van der Waals surface area contributed by atoms with Gasteiger partial charge in [-0.15, -0.1) is 0 Å². The summed E-state index contributed by atoms with van der Waals surface area (Å²) >= 11 is 0. The summed E-state index contributed by atoms with van der Waals surface area (Å²) in [5.41, 5.74) is -0.552. The number of ether oxygens (including phenoxy) is 1. The molecule has 4 heteroatoms. The molecule has 1 unspecified atom stereocenters. The number of esters is 1. The summed E-state index contributed by atoms with van der Waals surface area (Å²) in [5, 5.41) is 3.32. The molecule has 4 nitrogen and oxygen atoms in total. The molecule has 0 aliphatic carbocycles. The maximum atomic E-state index is 11.9. The van der Waals surface area contributed by atoms with Gasteiger partial charge >= 0.3 is 5.97 Å². The largest absolute Gasteiger partial charge is 0.468 e. The van der Waals surface area contributed by atoms with Crippen LogP contribution in [0.25, 0.3) is 0 Å². The van der Waals surface area contributed by atoms with Crippen LogP contribution < -0.4 is 5.32 Å². The van der Waals surface area contributed by atoms with Crippen molar-refractivity contribution in [3.63, 3.8) is 0 Å². The van der Waals surface area contributed by atoms with Crippen LogP contribution in [-0.4, -0.2) is 50.2 Å². The third kappa shape index (κ3) is 7.53. The zero-order valence-electron chi connectivity index (χ0n) is 13.6. The van der Waals surface area contributed by atoms with Crippen LogP contribution in [0.2, 0.25) is 0 Å². The van der Waals surface area contributed by atoms with Crippen molar-refractivity contribution < 1.29 is 9.53 Å². The fourth-order valence-electron chi connectivity index (χ4n) is 2.31. The Hall–Kier alpha value is -0.610. The van der Waals surface area contributed by atoms with E-state index in [1.165, 1.54) is 7.11 Å². The van der Waals surface area contributed by atoms with Crippen molar-refractivity contribution in [2.45, 2.75) is 52.5 Å². The molecule has 0 aromatic carbocycles. The topological polar surface area (TPSA) is 41.6 Å². The van der Waals surface area contributed by atoms with E-state index in [9.17, 15) is 4.79 Å². The average molecular weight is 272 g/mol. The summed E-state index contributed by atoms with van der Waals surface area (Å²) in [7, 11) is 3.59. The molecule has 0 radical (unpaired) electrons. The van der Waals surface area contributed by atoms with Crippen LogP contribution in [0.4, 0.5) is 0 Å². The molecule has 19 heavy (non-hydrogen) atoms. The first-order chi connectivity index (χ1) is 8.85. The van der Waals surface area contributed by atoms with Crippen LogP contribution in [0.3, 0.4) is 0 Å². The van der Waals surface area contributed by atoms with E-state index in [1.54, 1.807) is 0 Å². The third-order valence-corrected chi connectivity index (χ3v) is 3.29. The van der Waals surface area contributed by atoms with Gasteiger partial charge in [0, 0.05) is 6.54 Å². The molecule has 0 amide bonds. The van der Waals surface area contributed by atoms with Gasteiger partial charge in [-0.1, -0.05) is 20.8 Å². The summed E-state index contributed by atoms with van der Waals surface area (Å²) < 4.78 is 4.92. The van der Waals surface area contributed by atoms with Gasteiger partial charge in [0.15, 0.2) is 0 Å². The van der Waals surface area contributed by atoms with Crippen LogP contribution in [-0.2, 0) is 9.53 Å². The lowest BCUT2D eigenvalue weighted by atomic mass is 9.95. The first kappa shape index (κ1) is 18.4. The van der Waals surface area contributed by atoms with Gasteiger partial charge in [-0.05, 0) is 52.2 Å². The summed E-state index contributed by atoms with van der Waals surface area (Å²) in [6.07, 6.45) is 2.81. The van der Waals surface area contributed by atoms with Gasteiger partial charge in [0.05, 0.1) is 7.11 Å². The molecule has 114 valence electrons. The Labute approximate surface area is 118 Å². The summed E-state index contributed by atoms with van der Waals surface area (Å²) in [6.45, 7) is 11.4. The Morgan fingerprint density at radius 1 is 1.42 bits per heavy atom. The van der Waals surface area contributed by atoms with Gasteiger partial charge in [0.25, 0.3) is 0 Å². The Morgan fingerprint density at radius 2 is 2.05 bits per heavy atom. The molecule has 0 saturated heterocycles. The fraction of sp³-hybridized carbons (Fsp3) is 0.933. The number of methoxy groups -OCH3 is 1. The monoisotopic (exact) mass is 272 g/mol. The molecule has 0 rings (SSSR count). The lowest BCUT2D eigenvalue weighted by Crippen LogP contribution is -2.50. The maximum Gasteiger partial charge on any atom is 0.325 e. The predicted octanol–water partition coefficient (Wildman–Crippen LogP) is 2.29. The van der Waals surface area contributed by atoms with Gasteiger partial charge in [0.1, 0.15) is 5.54 Å².